The summed E-state index contributed by atoms with van der Waals surface area (Å²) < 4.78 is 0. The summed E-state index contributed by atoms with van der Waals surface area (Å²) in [4.78, 5) is 11.9. The molecule has 0 heterocycles. The first kappa shape index (κ1) is 14.3. The van der Waals surface area contributed by atoms with Crippen LogP contribution in [0.4, 0.5) is 0 Å². The molecule has 2 rings (SSSR count). The molecule has 104 valence electrons. The molecule has 0 amide bonds. The van der Waals surface area contributed by atoms with Crippen molar-refractivity contribution in [2.24, 2.45) is 5.41 Å². The standard InChI is InChI=1S/C17H25NO/c1-17(2)9-7-13(8-10-17)14-5-4-6-15(11-14)16(19)12-18-3/h4-6,11,13,18H,7-10,12H2,1-3H3. The van der Waals surface area contributed by atoms with E-state index in [1.807, 2.05) is 19.2 Å². The lowest BCUT2D eigenvalue weighted by Crippen LogP contribution is -2.21. The van der Waals surface area contributed by atoms with Crippen molar-refractivity contribution in [1.82, 2.24) is 5.32 Å². The van der Waals surface area contributed by atoms with Crippen LogP contribution < -0.4 is 5.32 Å². The molecule has 1 saturated carbocycles. The zero-order valence-electron chi connectivity index (χ0n) is 12.3. The molecule has 1 N–H and O–H groups in total. The van der Waals surface area contributed by atoms with Gasteiger partial charge in [0, 0.05) is 5.56 Å². The van der Waals surface area contributed by atoms with Gasteiger partial charge in [-0.25, -0.2) is 0 Å². The van der Waals surface area contributed by atoms with Gasteiger partial charge in [-0.1, -0.05) is 32.0 Å². The number of likely N-dealkylation sites (N-methyl/N-ethyl adjacent to an activating group) is 1. The van der Waals surface area contributed by atoms with Gasteiger partial charge in [0.25, 0.3) is 0 Å². The number of carbonyl (C=O) groups excluding carboxylic acids is 1. The fraction of sp³-hybridized carbons (Fsp3) is 0.588. The first-order valence-corrected chi connectivity index (χ1v) is 7.29. The van der Waals surface area contributed by atoms with Crippen LogP contribution in [0.5, 0.6) is 0 Å². The Kier molecular flexibility index (Phi) is 4.41. The van der Waals surface area contributed by atoms with E-state index in [-0.39, 0.29) is 5.78 Å². The summed E-state index contributed by atoms with van der Waals surface area (Å²) in [6.07, 6.45) is 5.06. The molecule has 0 radical (unpaired) electrons. The topological polar surface area (TPSA) is 29.1 Å². The van der Waals surface area contributed by atoms with Crippen LogP contribution in [0.2, 0.25) is 0 Å². The number of nitrogens with one attached hydrogen (secondary N) is 1. The molecule has 2 nitrogen and oxygen atoms in total. The van der Waals surface area contributed by atoms with Crippen LogP contribution in [0.3, 0.4) is 0 Å². The quantitative estimate of drug-likeness (QED) is 0.834. The van der Waals surface area contributed by atoms with Crippen molar-refractivity contribution in [3.05, 3.63) is 35.4 Å². The van der Waals surface area contributed by atoms with E-state index < -0.39 is 0 Å². The SMILES string of the molecule is CNCC(=O)c1cccc(C2CCC(C)(C)CC2)c1. The second kappa shape index (κ2) is 5.87. The molecule has 1 fully saturated rings. The predicted molar refractivity (Wildman–Crippen MR) is 79.7 cm³/mol. The van der Waals surface area contributed by atoms with Gasteiger partial charge in [-0.2, -0.15) is 0 Å². The third kappa shape index (κ3) is 3.66. The third-order valence-corrected chi connectivity index (χ3v) is 4.36. The van der Waals surface area contributed by atoms with Gasteiger partial charge in [-0.3, -0.25) is 4.79 Å². The zero-order valence-corrected chi connectivity index (χ0v) is 12.3. The first-order valence-electron chi connectivity index (χ1n) is 7.29. The molecule has 0 atom stereocenters. The van der Waals surface area contributed by atoms with Crippen molar-refractivity contribution in [2.75, 3.05) is 13.6 Å². The summed E-state index contributed by atoms with van der Waals surface area (Å²) in [7, 11) is 1.81. The van der Waals surface area contributed by atoms with Gasteiger partial charge in [-0.05, 0) is 55.7 Å². The molecule has 0 unspecified atom stereocenters. The number of hydrogen-bond donors (Lipinski definition) is 1. The van der Waals surface area contributed by atoms with Gasteiger partial charge in [0.05, 0.1) is 6.54 Å². The Bertz CT molecular complexity index is 440. The van der Waals surface area contributed by atoms with Crippen LogP contribution in [0.1, 0.15) is 61.4 Å². The summed E-state index contributed by atoms with van der Waals surface area (Å²) in [6, 6.07) is 8.23. The van der Waals surface area contributed by atoms with E-state index in [0.717, 1.165) is 5.56 Å². The molecule has 0 aromatic heterocycles. The average molecular weight is 259 g/mol. The summed E-state index contributed by atoms with van der Waals surface area (Å²) in [5.41, 5.74) is 2.69. The summed E-state index contributed by atoms with van der Waals surface area (Å²) in [6.45, 7) is 5.13. The Balaban J connectivity index is 2.09. The largest absolute Gasteiger partial charge is 0.313 e. The van der Waals surface area contributed by atoms with Crippen molar-refractivity contribution >= 4 is 5.78 Å². The number of rotatable bonds is 4. The number of Topliss-reactive ketones (excluding diaryl/α,β-unsaturated/α-hetero) is 1. The van der Waals surface area contributed by atoms with Crippen LogP contribution >= 0.6 is 0 Å². The van der Waals surface area contributed by atoms with Gasteiger partial charge in [0.1, 0.15) is 0 Å². The molecule has 0 spiro atoms. The summed E-state index contributed by atoms with van der Waals surface area (Å²) >= 11 is 0. The maximum atomic E-state index is 11.9. The molecule has 1 aliphatic carbocycles. The van der Waals surface area contributed by atoms with Gasteiger partial charge in [0.15, 0.2) is 5.78 Å². The lowest BCUT2D eigenvalue weighted by atomic mass is 9.71. The highest BCUT2D eigenvalue weighted by molar-refractivity contribution is 5.97. The summed E-state index contributed by atoms with van der Waals surface area (Å²) in [5, 5.41) is 2.93. The van der Waals surface area contributed by atoms with Crippen molar-refractivity contribution in [3.63, 3.8) is 0 Å². The van der Waals surface area contributed by atoms with Crippen LogP contribution in [-0.2, 0) is 0 Å². The highest BCUT2D eigenvalue weighted by atomic mass is 16.1. The Hall–Kier alpha value is -1.15. The Morgan fingerprint density at radius 2 is 2.00 bits per heavy atom. The molecule has 1 aromatic carbocycles. The smallest absolute Gasteiger partial charge is 0.176 e. The van der Waals surface area contributed by atoms with E-state index in [0.29, 0.717) is 17.9 Å². The van der Waals surface area contributed by atoms with Crippen LogP contribution in [-0.4, -0.2) is 19.4 Å². The molecule has 1 aromatic rings. The molecule has 1 aliphatic rings. The van der Waals surface area contributed by atoms with E-state index in [2.05, 4.69) is 31.3 Å². The normalized spacial score (nSPS) is 19.3. The Morgan fingerprint density at radius 3 is 2.63 bits per heavy atom. The van der Waals surface area contributed by atoms with Crippen LogP contribution in [0.25, 0.3) is 0 Å². The van der Waals surface area contributed by atoms with Crippen LogP contribution in [0, 0.1) is 5.41 Å². The maximum absolute atomic E-state index is 11.9. The number of benzene rings is 1. The van der Waals surface area contributed by atoms with E-state index in [9.17, 15) is 4.79 Å². The minimum absolute atomic E-state index is 0.181. The van der Waals surface area contributed by atoms with Gasteiger partial charge >= 0.3 is 0 Å². The Morgan fingerprint density at radius 1 is 1.32 bits per heavy atom. The minimum Gasteiger partial charge on any atom is -0.313 e. The third-order valence-electron chi connectivity index (χ3n) is 4.36. The molecule has 0 saturated heterocycles. The van der Waals surface area contributed by atoms with Gasteiger partial charge < -0.3 is 5.32 Å². The lowest BCUT2D eigenvalue weighted by molar-refractivity contribution is 0.0993. The second-order valence-electron chi connectivity index (χ2n) is 6.52. The highest BCUT2D eigenvalue weighted by Crippen LogP contribution is 2.42. The number of hydrogen-bond acceptors (Lipinski definition) is 2. The summed E-state index contributed by atoms with van der Waals surface area (Å²) in [5.74, 6) is 0.816. The van der Waals surface area contributed by atoms with Crippen molar-refractivity contribution in [1.29, 1.82) is 0 Å². The molecule has 0 bridgehead atoms. The second-order valence-corrected chi connectivity index (χ2v) is 6.52. The fourth-order valence-electron chi connectivity index (χ4n) is 2.96. The number of carbonyl (C=O) groups is 1. The van der Waals surface area contributed by atoms with E-state index in [4.69, 9.17) is 0 Å². The lowest BCUT2D eigenvalue weighted by Gasteiger charge is -2.34. The first-order chi connectivity index (χ1) is 9.02. The molecule has 19 heavy (non-hydrogen) atoms. The van der Waals surface area contributed by atoms with E-state index in [1.165, 1.54) is 31.2 Å². The molecule has 0 aliphatic heterocycles. The van der Waals surface area contributed by atoms with E-state index in [1.54, 1.807) is 0 Å². The van der Waals surface area contributed by atoms with Gasteiger partial charge in [-0.15, -0.1) is 0 Å². The molecular formula is C17H25NO. The van der Waals surface area contributed by atoms with Crippen molar-refractivity contribution < 1.29 is 4.79 Å². The molecular weight excluding hydrogens is 234 g/mol. The van der Waals surface area contributed by atoms with Crippen molar-refractivity contribution in [2.45, 2.75) is 45.4 Å². The van der Waals surface area contributed by atoms with Crippen molar-refractivity contribution in [3.8, 4) is 0 Å². The van der Waals surface area contributed by atoms with E-state index >= 15 is 0 Å². The van der Waals surface area contributed by atoms with Gasteiger partial charge in [0.2, 0.25) is 0 Å². The molecule has 2 heteroatoms. The minimum atomic E-state index is 0.181. The highest BCUT2D eigenvalue weighted by Gasteiger charge is 2.27. The Labute approximate surface area is 116 Å². The fourth-order valence-corrected chi connectivity index (χ4v) is 2.96. The van der Waals surface area contributed by atoms with Crippen LogP contribution in [0.15, 0.2) is 24.3 Å². The predicted octanol–water partition coefficient (Wildman–Crippen LogP) is 3.77. The number of ketones is 1. The zero-order chi connectivity index (χ0) is 13.9. The average Bonchev–Trinajstić information content (AvgIpc) is 2.39. The monoisotopic (exact) mass is 259 g/mol. The maximum Gasteiger partial charge on any atom is 0.176 e.